The van der Waals surface area contributed by atoms with E-state index in [0.29, 0.717) is 0 Å². The van der Waals surface area contributed by atoms with Crippen LogP contribution in [0.3, 0.4) is 0 Å². The van der Waals surface area contributed by atoms with Crippen molar-refractivity contribution in [2.45, 2.75) is 45.6 Å². The molecule has 3 heteroatoms. The van der Waals surface area contributed by atoms with Crippen LogP contribution in [0.4, 0.5) is 0 Å². The summed E-state index contributed by atoms with van der Waals surface area (Å²) in [5.74, 6) is 0.856. The molecule has 1 fully saturated rings. The number of hydrogen-bond acceptors (Lipinski definition) is 3. The summed E-state index contributed by atoms with van der Waals surface area (Å²) < 4.78 is 0. The zero-order valence-corrected chi connectivity index (χ0v) is 10.7. The lowest BCUT2D eigenvalue weighted by molar-refractivity contribution is 0.264. The van der Waals surface area contributed by atoms with Crippen LogP contribution in [0.25, 0.3) is 0 Å². The molecule has 0 saturated carbocycles. The fourth-order valence-electron chi connectivity index (χ4n) is 2.23. The third-order valence-electron chi connectivity index (χ3n) is 3.35. The average Bonchev–Trinajstić information content (AvgIpc) is 2.49. The minimum Gasteiger partial charge on any atom is -0.301 e. The van der Waals surface area contributed by atoms with Gasteiger partial charge in [-0.25, -0.2) is 0 Å². The monoisotopic (exact) mass is 223 g/mol. The Morgan fingerprint density at radius 1 is 1.44 bits per heavy atom. The Kier molecular flexibility index (Phi) is 6.44. The van der Waals surface area contributed by atoms with Crippen LogP contribution < -0.4 is 5.32 Å². The zero-order valence-electron chi connectivity index (χ0n) is 10.7. The van der Waals surface area contributed by atoms with Crippen molar-refractivity contribution in [3.63, 3.8) is 0 Å². The molecule has 0 aromatic carbocycles. The summed E-state index contributed by atoms with van der Waals surface area (Å²) in [7, 11) is 0. The Morgan fingerprint density at radius 3 is 2.94 bits per heavy atom. The van der Waals surface area contributed by atoms with Crippen molar-refractivity contribution >= 4 is 0 Å². The molecular weight excluding hydrogens is 198 g/mol. The lowest BCUT2D eigenvalue weighted by Gasteiger charge is -2.23. The predicted molar refractivity (Wildman–Crippen MR) is 67.1 cm³/mol. The van der Waals surface area contributed by atoms with Crippen LogP contribution in [-0.2, 0) is 0 Å². The number of rotatable bonds is 5. The van der Waals surface area contributed by atoms with E-state index in [9.17, 15) is 0 Å². The summed E-state index contributed by atoms with van der Waals surface area (Å²) in [6.45, 7) is 8.63. The number of likely N-dealkylation sites (tertiary alicyclic amines) is 1. The van der Waals surface area contributed by atoms with Gasteiger partial charge in [0.25, 0.3) is 0 Å². The molecule has 2 atom stereocenters. The molecule has 2 unspecified atom stereocenters. The van der Waals surface area contributed by atoms with Crippen molar-refractivity contribution in [2.75, 3.05) is 26.2 Å². The third kappa shape index (κ3) is 4.96. The van der Waals surface area contributed by atoms with Crippen molar-refractivity contribution < 1.29 is 0 Å². The number of hydrogen-bond donors (Lipinski definition) is 1. The molecule has 3 nitrogen and oxygen atoms in total. The predicted octanol–water partition coefficient (Wildman–Crippen LogP) is 2.00. The maximum absolute atomic E-state index is 9.07. The summed E-state index contributed by atoms with van der Waals surface area (Å²) in [6, 6.07) is 2.37. The van der Waals surface area contributed by atoms with Crippen LogP contribution in [0, 0.1) is 17.2 Å². The van der Waals surface area contributed by atoms with Crippen molar-refractivity contribution in [2.24, 2.45) is 5.92 Å². The average molecular weight is 223 g/mol. The Labute approximate surface area is 99.8 Å². The van der Waals surface area contributed by atoms with Crippen LogP contribution >= 0.6 is 0 Å². The SMILES string of the molecule is CCCNC(C#N)CN1CCCC(C)CC1. The quantitative estimate of drug-likeness (QED) is 0.775. The van der Waals surface area contributed by atoms with Crippen molar-refractivity contribution in [1.29, 1.82) is 5.26 Å². The van der Waals surface area contributed by atoms with E-state index in [2.05, 4.69) is 30.1 Å². The van der Waals surface area contributed by atoms with Crippen LogP contribution in [-0.4, -0.2) is 37.1 Å². The highest BCUT2D eigenvalue weighted by atomic mass is 15.1. The first-order valence-corrected chi connectivity index (χ1v) is 6.61. The fraction of sp³-hybridized carbons (Fsp3) is 0.923. The Balaban J connectivity index is 2.30. The summed E-state index contributed by atoms with van der Waals surface area (Å²) in [5.41, 5.74) is 0. The van der Waals surface area contributed by atoms with E-state index in [1.165, 1.54) is 19.3 Å². The first-order valence-electron chi connectivity index (χ1n) is 6.61. The van der Waals surface area contributed by atoms with Crippen LogP contribution in [0.15, 0.2) is 0 Å². The Morgan fingerprint density at radius 2 is 2.25 bits per heavy atom. The number of nitriles is 1. The van der Waals surface area contributed by atoms with Gasteiger partial charge >= 0.3 is 0 Å². The van der Waals surface area contributed by atoms with E-state index in [1.807, 2.05) is 0 Å². The van der Waals surface area contributed by atoms with Crippen LogP contribution in [0.2, 0.25) is 0 Å². The highest BCUT2D eigenvalue weighted by Crippen LogP contribution is 2.16. The largest absolute Gasteiger partial charge is 0.301 e. The van der Waals surface area contributed by atoms with Gasteiger partial charge < -0.3 is 10.2 Å². The fourth-order valence-corrected chi connectivity index (χ4v) is 2.23. The minimum atomic E-state index is 0.00774. The third-order valence-corrected chi connectivity index (χ3v) is 3.35. The highest BCUT2D eigenvalue weighted by Gasteiger charge is 2.17. The molecule has 1 aliphatic rings. The number of nitrogens with zero attached hydrogens (tertiary/aromatic N) is 2. The molecule has 0 aromatic heterocycles. The zero-order chi connectivity index (χ0) is 11.8. The van der Waals surface area contributed by atoms with Gasteiger partial charge in [0, 0.05) is 6.54 Å². The number of nitrogens with one attached hydrogen (secondary N) is 1. The standard InChI is InChI=1S/C13H25N3/c1-3-7-15-13(10-14)11-16-8-4-5-12(2)6-9-16/h12-13,15H,3-9,11H2,1-2H3. The van der Waals surface area contributed by atoms with E-state index in [0.717, 1.165) is 38.5 Å². The van der Waals surface area contributed by atoms with Gasteiger partial charge in [-0.15, -0.1) is 0 Å². The Bertz CT molecular complexity index is 222. The van der Waals surface area contributed by atoms with Gasteiger partial charge in [0.05, 0.1) is 6.07 Å². The molecule has 16 heavy (non-hydrogen) atoms. The van der Waals surface area contributed by atoms with E-state index in [1.54, 1.807) is 0 Å². The van der Waals surface area contributed by atoms with E-state index in [-0.39, 0.29) is 6.04 Å². The van der Waals surface area contributed by atoms with Crippen molar-refractivity contribution in [3.8, 4) is 6.07 Å². The van der Waals surface area contributed by atoms with Gasteiger partial charge in [-0.2, -0.15) is 5.26 Å². The van der Waals surface area contributed by atoms with Gasteiger partial charge in [0.2, 0.25) is 0 Å². The Hall–Kier alpha value is -0.590. The normalized spacial score (nSPS) is 24.7. The summed E-state index contributed by atoms with van der Waals surface area (Å²) in [5, 5.41) is 12.4. The molecule has 1 aliphatic heterocycles. The second-order valence-corrected chi connectivity index (χ2v) is 4.97. The second kappa shape index (κ2) is 7.65. The first-order chi connectivity index (χ1) is 7.76. The van der Waals surface area contributed by atoms with Crippen LogP contribution in [0.1, 0.15) is 39.5 Å². The maximum Gasteiger partial charge on any atom is 0.108 e. The lowest BCUT2D eigenvalue weighted by Crippen LogP contribution is -2.41. The molecule has 92 valence electrons. The summed E-state index contributed by atoms with van der Waals surface area (Å²) in [4.78, 5) is 2.44. The van der Waals surface area contributed by atoms with Gasteiger partial charge in [0.15, 0.2) is 0 Å². The van der Waals surface area contributed by atoms with E-state index in [4.69, 9.17) is 5.26 Å². The maximum atomic E-state index is 9.07. The van der Waals surface area contributed by atoms with Crippen LogP contribution in [0.5, 0.6) is 0 Å². The molecular formula is C13H25N3. The summed E-state index contributed by atoms with van der Waals surface area (Å²) >= 11 is 0. The molecule has 0 aromatic rings. The minimum absolute atomic E-state index is 0.00774. The topological polar surface area (TPSA) is 39.1 Å². The van der Waals surface area contributed by atoms with E-state index < -0.39 is 0 Å². The van der Waals surface area contributed by atoms with Crippen molar-refractivity contribution in [3.05, 3.63) is 0 Å². The molecule has 1 rings (SSSR count). The van der Waals surface area contributed by atoms with Gasteiger partial charge in [0.1, 0.15) is 6.04 Å². The molecule has 0 radical (unpaired) electrons. The highest BCUT2D eigenvalue weighted by molar-refractivity contribution is 4.92. The smallest absolute Gasteiger partial charge is 0.108 e. The van der Waals surface area contributed by atoms with Gasteiger partial charge in [-0.3, -0.25) is 0 Å². The van der Waals surface area contributed by atoms with E-state index >= 15 is 0 Å². The molecule has 0 bridgehead atoms. The molecule has 1 N–H and O–H groups in total. The molecule has 1 saturated heterocycles. The lowest BCUT2D eigenvalue weighted by atomic mass is 10.0. The van der Waals surface area contributed by atoms with Gasteiger partial charge in [-0.1, -0.05) is 13.8 Å². The van der Waals surface area contributed by atoms with Gasteiger partial charge in [-0.05, 0) is 51.2 Å². The molecule has 1 heterocycles. The molecule has 0 amide bonds. The first kappa shape index (κ1) is 13.5. The molecule has 0 spiro atoms. The second-order valence-electron chi connectivity index (χ2n) is 4.97. The summed E-state index contributed by atoms with van der Waals surface area (Å²) in [6.07, 6.45) is 5.00. The van der Waals surface area contributed by atoms with Crippen molar-refractivity contribution in [1.82, 2.24) is 10.2 Å². The molecule has 0 aliphatic carbocycles.